The van der Waals surface area contributed by atoms with E-state index in [0.29, 0.717) is 18.8 Å². The van der Waals surface area contributed by atoms with Gasteiger partial charge in [0.05, 0.1) is 6.34 Å². The number of nitrogens with one attached hydrogen (secondary N) is 2. The van der Waals surface area contributed by atoms with Gasteiger partial charge >= 0.3 is 0 Å². The van der Waals surface area contributed by atoms with Gasteiger partial charge in [-0.1, -0.05) is 0 Å². The number of Topliss-reactive ketones (excluding diaryl/α,β-unsaturated/α-hetero) is 1. The van der Waals surface area contributed by atoms with Crippen molar-refractivity contribution in [1.82, 2.24) is 10.6 Å². The lowest BCUT2D eigenvalue weighted by Crippen LogP contribution is -2.34. The fourth-order valence-electron chi connectivity index (χ4n) is 1.87. The van der Waals surface area contributed by atoms with E-state index in [1.807, 2.05) is 6.20 Å². The third-order valence-electron chi connectivity index (χ3n) is 2.55. The van der Waals surface area contributed by atoms with Crippen molar-refractivity contribution in [1.29, 1.82) is 0 Å². The van der Waals surface area contributed by atoms with E-state index in [-0.39, 0.29) is 11.8 Å². The summed E-state index contributed by atoms with van der Waals surface area (Å²) in [5.74, 6) is 0.754. The normalized spacial score (nSPS) is 28.4. The highest BCUT2D eigenvalue weighted by Crippen LogP contribution is 2.30. The van der Waals surface area contributed by atoms with Gasteiger partial charge in [-0.05, 0) is 5.57 Å². The Morgan fingerprint density at radius 1 is 1.57 bits per heavy atom. The molecule has 2 N–H and O–H groups in total. The van der Waals surface area contributed by atoms with Gasteiger partial charge in [0.15, 0.2) is 6.73 Å². The maximum absolute atomic E-state index is 11.9. The Kier molecular flexibility index (Phi) is 1.41. The van der Waals surface area contributed by atoms with Crippen molar-refractivity contribution >= 4 is 12.1 Å². The largest absolute Gasteiger partial charge is 0.475 e. The molecule has 2 aliphatic heterocycles. The predicted octanol–water partition coefficient (Wildman–Crippen LogP) is -0.368. The summed E-state index contributed by atoms with van der Waals surface area (Å²) in [6.07, 6.45) is 4.04. The molecular weight excluding hydrogens is 182 g/mol. The van der Waals surface area contributed by atoms with Crippen LogP contribution in [0.15, 0.2) is 28.2 Å². The van der Waals surface area contributed by atoms with Gasteiger partial charge in [-0.3, -0.25) is 9.79 Å². The molecule has 1 unspecified atom stereocenters. The van der Waals surface area contributed by atoms with Crippen molar-refractivity contribution in [2.24, 2.45) is 4.99 Å². The quantitative estimate of drug-likeness (QED) is 0.548. The van der Waals surface area contributed by atoms with E-state index >= 15 is 0 Å². The van der Waals surface area contributed by atoms with Gasteiger partial charge in [-0.2, -0.15) is 0 Å². The average molecular weight is 191 g/mol. The Morgan fingerprint density at radius 3 is 3.43 bits per heavy atom. The van der Waals surface area contributed by atoms with Crippen molar-refractivity contribution in [2.75, 3.05) is 6.73 Å². The van der Waals surface area contributed by atoms with Gasteiger partial charge < -0.3 is 15.4 Å². The second-order valence-corrected chi connectivity index (χ2v) is 3.37. The highest BCUT2D eigenvalue weighted by molar-refractivity contribution is 6.04. The first-order valence-corrected chi connectivity index (χ1v) is 4.47. The molecule has 5 heteroatoms. The first-order chi connectivity index (χ1) is 6.86. The van der Waals surface area contributed by atoms with E-state index in [2.05, 4.69) is 15.6 Å². The molecule has 0 aromatic heterocycles. The van der Waals surface area contributed by atoms with Crippen LogP contribution in [0, 0.1) is 0 Å². The smallest absolute Gasteiger partial charge is 0.210 e. The van der Waals surface area contributed by atoms with Crippen LogP contribution in [0.4, 0.5) is 0 Å². The summed E-state index contributed by atoms with van der Waals surface area (Å²) in [7, 11) is 0. The van der Waals surface area contributed by atoms with E-state index in [1.165, 1.54) is 0 Å². The van der Waals surface area contributed by atoms with Crippen molar-refractivity contribution in [3.63, 3.8) is 0 Å². The fourth-order valence-corrected chi connectivity index (χ4v) is 1.87. The highest BCUT2D eigenvalue weighted by Gasteiger charge is 2.37. The Morgan fingerprint density at radius 2 is 2.50 bits per heavy atom. The van der Waals surface area contributed by atoms with E-state index in [4.69, 9.17) is 4.74 Å². The van der Waals surface area contributed by atoms with Crippen molar-refractivity contribution in [3.05, 3.63) is 23.2 Å². The van der Waals surface area contributed by atoms with E-state index in [1.54, 1.807) is 6.34 Å². The molecule has 72 valence electrons. The Labute approximate surface area is 80.5 Å². The molecule has 0 fully saturated rings. The molecule has 0 amide bonds. The third kappa shape index (κ3) is 0.891. The summed E-state index contributed by atoms with van der Waals surface area (Å²) in [5.41, 5.74) is 1.58. The number of ether oxygens (including phenoxy) is 1. The van der Waals surface area contributed by atoms with Gasteiger partial charge in [0.25, 0.3) is 0 Å². The maximum atomic E-state index is 11.9. The Hall–Kier alpha value is -1.78. The van der Waals surface area contributed by atoms with Crippen LogP contribution in [0.1, 0.15) is 6.42 Å². The average Bonchev–Trinajstić information content (AvgIpc) is 2.66. The topological polar surface area (TPSA) is 62.7 Å². The molecule has 0 saturated heterocycles. The number of hydrogen-bond donors (Lipinski definition) is 2. The molecule has 0 spiro atoms. The lowest BCUT2D eigenvalue weighted by Gasteiger charge is -2.23. The van der Waals surface area contributed by atoms with Crippen LogP contribution < -0.4 is 10.6 Å². The molecule has 14 heavy (non-hydrogen) atoms. The van der Waals surface area contributed by atoms with Crippen LogP contribution in [-0.2, 0) is 9.53 Å². The molecule has 0 radical (unpaired) electrons. The summed E-state index contributed by atoms with van der Waals surface area (Å²) in [5, 5.41) is 5.81. The maximum Gasteiger partial charge on any atom is 0.210 e. The van der Waals surface area contributed by atoms with Crippen LogP contribution in [0.3, 0.4) is 0 Å². The summed E-state index contributed by atoms with van der Waals surface area (Å²) in [6, 6.07) is -0.343. The van der Waals surface area contributed by atoms with Gasteiger partial charge in [-0.25, -0.2) is 0 Å². The van der Waals surface area contributed by atoms with E-state index < -0.39 is 0 Å². The van der Waals surface area contributed by atoms with Gasteiger partial charge in [-0.15, -0.1) is 0 Å². The minimum absolute atomic E-state index is 0.00718. The molecular formula is C9H9N3O2. The monoisotopic (exact) mass is 191 g/mol. The zero-order valence-electron chi connectivity index (χ0n) is 7.41. The number of nitrogens with zero attached hydrogens (tertiary/aromatic N) is 1. The standard InChI is InChI=1S/C9H9N3O2/c13-9-7-5(2-10-3-11-7)1-6-8(9)12-4-14-6/h2-3,7,12H,1,4H2,(H,10,11). The molecule has 0 bridgehead atoms. The highest BCUT2D eigenvalue weighted by atomic mass is 16.5. The number of fused-ring (bicyclic) bond motifs is 1. The minimum atomic E-state index is -0.343. The lowest BCUT2D eigenvalue weighted by atomic mass is 9.91. The van der Waals surface area contributed by atoms with Gasteiger partial charge in [0, 0.05) is 12.6 Å². The number of hydrogen-bond acceptors (Lipinski definition) is 5. The first kappa shape index (κ1) is 7.61. The first-order valence-electron chi connectivity index (χ1n) is 4.47. The minimum Gasteiger partial charge on any atom is -0.475 e. The molecule has 0 aromatic rings. The lowest BCUT2D eigenvalue weighted by molar-refractivity contribution is -0.116. The summed E-state index contributed by atoms with van der Waals surface area (Å²) in [4.78, 5) is 16.0. The summed E-state index contributed by atoms with van der Waals surface area (Å²) >= 11 is 0. The molecule has 0 saturated carbocycles. The number of carbonyl (C=O) groups excluding carboxylic acids is 1. The predicted molar refractivity (Wildman–Crippen MR) is 49.2 cm³/mol. The van der Waals surface area contributed by atoms with Crippen LogP contribution in [0.5, 0.6) is 0 Å². The van der Waals surface area contributed by atoms with Crippen LogP contribution in [-0.4, -0.2) is 24.9 Å². The van der Waals surface area contributed by atoms with Crippen LogP contribution in [0.2, 0.25) is 0 Å². The SMILES string of the molecule is O=C1C2=C(CC3=CNC=NC13)OCN2. The third-order valence-corrected chi connectivity index (χ3v) is 2.55. The number of carbonyl (C=O) groups is 1. The zero-order valence-corrected chi connectivity index (χ0v) is 7.41. The van der Waals surface area contributed by atoms with E-state index in [0.717, 1.165) is 11.3 Å². The van der Waals surface area contributed by atoms with Gasteiger partial charge in [0.2, 0.25) is 5.78 Å². The molecule has 3 rings (SSSR count). The fraction of sp³-hybridized carbons (Fsp3) is 0.333. The Bertz CT molecular complexity index is 395. The number of aliphatic imine (C=N–C) groups is 1. The van der Waals surface area contributed by atoms with Crippen molar-refractivity contribution < 1.29 is 9.53 Å². The number of allylic oxidation sites excluding steroid dienone is 1. The molecule has 5 nitrogen and oxygen atoms in total. The second-order valence-electron chi connectivity index (χ2n) is 3.37. The summed E-state index contributed by atoms with van der Waals surface area (Å²) < 4.78 is 5.30. The Balaban J connectivity index is 2.05. The van der Waals surface area contributed by atoms with Gasteiger partial charge in [0.1, 0.15) is 17.5 Å². The second kappa shape index (κ2) is 2.60. The molecule has 0 aromatic carbocycles. The molecule has 1 aliphatic carbocycles. The molecule has 1 atom stereocenters. The zero-order chi connectivity index (χ0) is 9.54. The van der Waals surface area contributed by atoms with E-state index in [9.17, 15) is 4.79 Å². The number of ketones is 1. The van der Waals surface area contributed by atoms with Crippen molar-refractivity contribution in [3.8, 4) is 0 Å². The molecule has 3 aliphatic rings. The van der Waals surface area contributed by atoms with Crippen LogP contribution >= 0.6 is 0 Å². The van der Waals surface area contributed by atoms with Crippen LogP contribution in [0.25, 0.3) is 0 Å². The number of rotatable bonds is 0. The van der Waals surface area contributed by atoms with Crippen molar-refractivity contribution in [2.45, 2.75) is 12.5 Å². The summed E-state index contributed by atoms with van der Waals surface area (Å²) in [6.45, 7) is 0.396. The molecule has 2 heterocycles.